The van der Waals surface area contributed by atoms with Crippen LogP contribution in [0, 0.1) is 0 Å². The van der Waals surface area contributed by atoms with Crippen LogP contribution in [-0.4, -0.2) is 49.2 Å². The summed E-state index contributed by atoms with van der Waals surface area (Å²) in [7, 11) is 0. The average molecular weight is 270 g/mol. The molecule has 4 heteroatoms. The highest BCUT2D eigenvalue weighted by molar-refractivity contribution is 5.75. The molecule has 0 saturated carbocycles. The van der Waals surface area contributed by atoms with Crippen molar-refractivity contribution in [2.45, 2.75) is 65.0 Å². The molecule has 1 aliphatic rings. The van der Waals surface area contributed by atoms with Crippen LogP contribution in [0.3, 0.4) is 0 Å². The van der Waals surface area contributed by atoms with E-state index in [4.69, 9.17) is 4.74 Å². The quantitative estimate of drug-likeness (QED) is 0.686. The van der Waals surface area contributed by atoms with E-state index in [0.29, 0.717) is 12.6 Å². The second-order valence-electron chi connectivity index (χ2n) is 5.38. The van der Waals surface area contributed by atoms with Crippen molar-refractivity contribution in [3.05, 3.63) is 0 Å². The molecular weight excluding hydrogens is 240 g/mol. The lowest BCUT2D eigenvalue weighted by molar-refractivity contribution is -0.146. The summed E-state index contributed by atoms with van der Waals surface area (Å²) in [5.41, 5.74) is 0. The van der Waals surface area contributed by atoms with Gasteiger partial charge < -0.3 is 15.0 Å². The predicted molar refractivity (Wildman–Crippen MR) is 78.2 cm³/mol. The van der Waals surface area contributed by atoms with E-state index in [1.165, 1.54) is 13.0 Å². The summed E-state index contributed by atoms with van der Waals surface area (Å²) in [5, 5.41) is 3.50. The molecule has 1 rings (SSSR count). The molecule has 0 aromatic heterocycles. The Kier molecular flexibility index (Phi) is 8.07. The molecule has 19 heavy (non-hydrogen) atoms. The van der Waals surface area contributed by atoms with Gasteiger partial charge in [-0.25, -0.2) is 0 Å². The van der Waals surface area contributed by atoms with Crippen molar-refractivity contribution in [3.63, 3.8) is 0 Å². The summed E-state index contributed by atoms with van der Waals surface area (Å²) >= 11 is 0. The minimum absolute atomic E-state index is 0.0830. The standard InChI is InChI=1S/C15H30N2O2/c1-4-7-14(15(18)19-6-3)16-13-8-11-17(10-5-2)12-9-13/h13-14,16H,4-12H2,1-3H3. The van der Waals surface area contributed by atoms with Crippen LogP contribution in [0.1, 0.15) is 52.9 Å². The first-order chi connectivity index (χ1) is 9.21. The Morgan fingerprint density at radius 2 is 1.95 bits per heavy atom. The number of hydrogen-bond acceptors (Lipinski definition) is 4. The lowest BCUT2D eigenvalue weighted by atomic mass is 10.0. The highest BCUT2D eigenvalue weighted by atomic mass is 16.5. The Morgan fingerprint density at radius 1 is 1.26 bits per heavy atom. The van der Waals surface area contributed by atoms with Gasteiger partial charge in [0.2, 0.25) is 0 Å². The van der Waals surface area contributed by atoms with Crippen molar-refractivity contribution in [3.8, 4) is 0 Å². The van der Waals surface area contributed by atoms with E-state index >= 15 is 0 Å². The topological polar surface area (TPSA) is 41.6 Å². The summed E-state index contributed by atoms with van der Waals surface area (Å²) in [6, 6.07) is 0.349. The largest absolute Gasteiger partial charge is 0.465 e. The summed E-state index contributed by atoms with van der Waals surface area (Å²) in [6.45, 7) is 10.2. The molecule has 0 aromatic carbocycles. The van der Waals surface area contributed by atoms with Crippen LogP contribution in [0.25, 0.3) is 0 Å². The van der Waals surface area contributed by atoms with Crippen molar-refractivity contribution in [1.82, 2.24) is 10.2 Å². The smallest absolute Gasteiger partial charge is 0.323 e. The molecule has 1 atom stereocenters. The van der Waals surface area contributed by atoms with Gasteiger partial charge in [-0.05, 0) is 52.2 Å². The van der Waals surface area contributed by atoms with Gasteiger partial charge in [0.25, 0.3) is 0 Å². The van der Waals surface area contributed by atoms with Crippen LogP contribution in [0.4, 0.5) is 0 Å². The number of piperidine rings is 1. The van der Waals surface area contributed by atoms with Crippen molar-refractivity contribution >= 4 is 5.97 Å². The lowest BCUT2D eigenvalue weighted by Gasteiger charge is -2.33. The minimum atomic E-state index is -0.118. The molecule has 0 amide bonds. The van der Waals surface area contributed by atoms with Gasteiger partial charge in [0.05, 0.1) is 6.61 Å². The Balaban J connectivity index is 2.36. The van der Waals surface area contributed by atoms with Gasteiger partial charge in [0.15, 0.2) is 0 Å². The first-order valence-electron chi connectivity index (χ1n) is 7.86. The zero-order valence-electron chi connectivity index (χ0n) is 12.8. The maximum Gasteiger partial charge on any atom is 0.323 e. The second-order valence-corrected chi connectivity index (χ2v) is 5.38. The first kappa shape index (κ1) is 16.4. The summed E-state index contributed by atoms with van der Waals surface area (Å²) in [4.78, 5) is 14.4. The molecule has 1 saturated heterocycles. The molecule has 112 valence electrons. The lowest BCUT2D eigenvalue weighted by Crippen LogP contribution is -2.49. The van der Waals surface area contributed by atoms with Crippen LogP contribution in [0.5, 0.6) is 0 Å². The number of carbonyl (C=O) groups excluding carboxylic acids is 1. The zero-order chi connectivity index (χ0) is 14.1. The van der Waals surface area contributed by atoms with Crippen LogP contribution < -0.4 is 5.32 Å². The third kappa shape index (κ3) is 5.91. The predicted octanol–water partition coefficient (Wildman–Crippen LogP) is 2.18. The molecule has 0 aromatic rings. The highest BCUT2D eigenvalue weighted by Crippen LogP contribution is 2.13. The molecule has 0 spiro atoms. The monoisotopic (exact) mass is 270 g/mol. The highest BCUT2D eigenvalue weighted by Gasteiger charge is 2.25. The summed E-state index contributed by atoms with van der Waals surface area (Å²) in [5.74, 6) is -0.0830. The van der Waals surface area contributed by atoms with Crippen molar-refractivity contribution in [2.24, 2.45) is 0 Å². The number of carbonyl (C=O) groups is 1. The van der Waals surface area contributed by atoms with E-state index in [-0.39, 0.29) is 12.0 Å². The molecule has 0 bridgehead atoms. The maximum atomic E-state index is 11.9. The normalized spacial score (nSPS) is 19.3. The number of nitrogens with zero attached hydrogens (tertiary/aromatic N) is 1. The van der Waals surface area contributed by atoms with E-state index < -0.39 is 0 Å². The number of nitrogens with one attached hydrogen (secondary N) is 1. The van der Waals surface area contributed by atoms with Crippen molar-refractivity contribution < 1.29 is 9.53 Å². The molecule has 1 unspecified atom stereocenters. The zero-order valence-corrected chi connectivity index (χ0v) is 12.8. The van der Waals surface area contributed by atoms with Gasteiger partial charge in [-0.1, -0.05) is 20.3 Å². The van der Waals surface area contributed by atoms with Crippen LogP contribution in [0.2, 0.25) is 0 Å². The fourth-order valence-corrected chi connectivity index (χ4v) is 2.72. The SMILES string of the molecule is CCCC(NC1CCN(CCC)CC1)C(=O)OCC. The van der Waals surface area contributed by atoms with Gasteiger partial charge in [-0.2, -0.15) is 0 Å². The molecule has 1 heterocycles. The molecule has 0 radical (unpaired) electrons. The van der Waals surface area contributed by atoms with E-state index in [1.54, 1.807) is 0 Å². The third-order valence-corrected chi connectivity index (χ3v) is 3.71. The Labute approximate surface area is 117 Å². The fourth-order valence-electron chi connectivity index (χ4n) is 2.72. The Morgan fingerprint density at radius 3 is 2.47 bits per heavy atom. The van der Waals surface area contributed by atoms with Gasteiger partial charge in [-0.3, -0.25) is 4.79 Å². The van der Waals surface area contributed by atoms with Crippen LogP contribution in [-0.2, 0) is 9.53 Å². The van der Waals surface area contributed by atoms with Gasteiger partial charge >= 0.3 is 5.97 Å². The Hall–Kier alpha value is -0.610. The number of esters is 1. The van der Waals surface area contributed by atoms with E-state index in [2.05, 4.69) is 24.1 Å². The molecule has 0 aliphatic carbocycles. The number of hydrogen-bond donors (Lipinski definition) is 1. The van der Waals surface area contributed by atoms with Gasteiger partial charge in [0.1, 0.15) is 6.04 Å². The van der Waals surface area contributed by atoms with Crippen molar-refractivity contribution in [1.29, 1.82) is 0 Å². The molecule has 1 fully saturated rings. The van der Waals surface area contributed by atoms with Crippen LogP contribution >= 0.6 is 0 Å². The third-order valence-electron chi connectivity index (χ3n) is 3.71. The first-order valence-corrected chi connectivity index (χ1v) is 7.86. The number of rotatable bonds is 8. The average Bonchev–Trinajstić information content (AvgIpc) is 2.41. The molecular formula is C15H30N2O2. The molecule has 1 N–H and O–H groups in total. The fraction of sp³-hybridized carbons (Fsp3) is 0.933. The Bertz CT molecular complexity index is 251. The molecule has 1 aliphatic heterocycles. The second kappa shape index (κ2) is 9.32. The van der Waals surface area contributed by atoms with Gasteiger partial charge in [0, 0.05) is 6.04 Å². The minimum Gasteiger partial charge on any atom is -0.465 e. The molecule has 4 nitrogen and oxygen atoms in total. The number of likely N-dealkylation sites (tertiary alicyclic amines) is 1. The van der Waals surface area contributed by atoms with E-state index in [0.717, 1.165) is 38.8 Å². The summed E-state index contributed by atoms with van der Waals surface area (Å²) in [6.07, 6.45) is 5.37. The van der Waals surface area contributed by atoms with E-state index in [1.807, 2.05) is 6.92 Å². The van der Waals surface area contributed by atoms with Crippen molar-refractivity contribution in [2.75, 3.05) is 26.2 Å². The van der Waals surface area contributed by atoms with E-state index in [9.17, 15) is 4.79 Å². The number of ether oxygens (including phenoxy) is 1. The summed E-state index contributed by atoms with van der Waals surface area (Å²) < 4.78 is 5.15. The van der Waals surface area contributed by atoms with Crippen LogP contribution in [0.15, 0.2) is 0 Å². The van der Waals surface area contributed by atoms with Gasteiger partial charge in [-0.15, -0.1) is 0 Å². The maximum absolute atomic E-state index is 11.9.